The van der Waals surface area contributed by atoms with Gasteiger partial charge in [-0.25, -0.2) is 8.42 Å². The molecule has 1 saturated heterocycles. The summed E-state index contributed by atoms with van der Waals surface area (Å²) in [6.07, 6.45) is 4.12. The van der Waals surface area contributed by atoms with Gasteiger partial charge in [0.1, 0.15) is 0 Å². The van der Waals surface area contributed by atoms with E-state index in [9.17, 15) is 18.0 Å². The fraction of sp³-hybridized carbons (Fsp3) is 0.231. The molecular weight excluding hydrogens is 486 g/mol. The highest BCUT2D eigenvalue weighted by Gasteiger charge is 2.22. The zero-order chi connectivity index (χ0) is 24.8. The zero-order valence-electron chi connectivity index (χ0n) is 19.0. The maximum Gasteiger partial charge on any atom is 0.261 e. The van der Waals surface area contributed by atoms with Crippen molar-refractivity contribution in [3.05, 3.63) is 88.9 Å². The highest BCUT2D eigenvalue weighted by atomic mass is 35.5. The summed E-state index contributed by atoms with van der Waals surface area (Å²) in [6.45, 7) is 1.38. The van der Waals surface area contributed by atoms with E-state index >= 15 is 0 Å². The summed E-state index contributed by atoms with van der Waals surface area (Å²) in [7, 11) is -3.84. The first-order chi connectivity index (χ1) is 16.8. The molecule has 0 atom stereocenters. The number of rotatable bonds is 6. The number of hydrogen-bond donors (Lipinski definition) is 2. The molecule has 3 aromatic carbocycles. The van der Waals surface area contributed by atoms with Gasteiger partial charge in [-0.1, -0.05) is 54.8 Å². The van der Waals surface area contributed by atoms with Crippen molar-refractivity contribution in [3.8, 4) is 0 Å². The fourth-order valence-corrected chi connectivity index (χ4v) is 5.26. The predicted octanol–water partition coefficient (Wildman–Crippen LogP) is 5.41. The third-order valence-electron chi connectivity index (χ3n) is 5.82. The maximum absolute atomic E-state index is 13.2. The Hall–Kier alpha value is -3.36. The number of benzene rings is 3. The molecule has 0 saturated carbocycles. The van der Waals surface area contributed by atoms with Crippen LogP contribution in [0.15, 0.2) is 77.7 Å². The van der Waals surface area contributed by atoms with Crippen molar-refractivity contribution in [1.29, 1.82) is 0 Å². The number of carbonyl (C=O) groups excluding carboxylic acids is 2. The standard InChI is InChI=1S/C26H26ClN3O4S/c27-23-15-14-19(29-35(33,34)20-10-4-3-5-11-20)18-22(23)25(31)28-24-13-7-6-12-21(24)26(32)30-16-8-1-2-9-17-30/h3-7,10-15,18,29H,1-2,8-9,16-17H2,(H,28,31). The Kier molecular flexibility index (Phi) is 7.73. The van der Waals surface area contributed by atoms with Gasteiger partial charge >= 0.3 is 0 Å². The van der Waals surface area contributed by atoms with Crippen LogP contribution in [0.4, 0.5) is 11.4 Å². The van der Waals surface area contributed by atoms with Crippen LogP contribution in [-0.2, 0) is 10.0 Å². The number of anilines is 2. The monoisotopic (exact) mass is 511 g/mol. The van der Waals surface area contributed by atoms with Gasteiger partial charge in [-0.15, -0.1) is 0 Å². The Morgan fingerprint density at radius 3 is 2.17 bits per heavy atom. The van der Waals surface area contributed by atoms with Crippen LogP contribution in [0.5, 0.6) is 0 Å². The van der Waals surface area contributed by atoms with E-state index in [-0.39, 0.29) is 27.1 Å². The minimum Gasteiger partial charge on any atom is -0.339 e. The van der Waals surface area contributed by atoms with E-state index in [1.807, 2.05) is 4.90 Å². The predicted molar refractivity (Wildman–Crippen MR) is 137 cm³/mol. The number of hydrogen-bond acceptors (Lipinski definition) is 4. The number of likely N-dealkylation sites (tertiary alicyclic amines) is 1. The van der Waals surface area contributed by atoms with Crippen molar-refractivity contribution in [2.75, 3.05) is 23.1 Å². The minimum atomic E-state index is -3.84. The second kappa shape index (κ2) is 10.9. The Balaban J connectivity index is 1.55. The zero-order valence-corrected chi connectivity index (χ0v) is 20.6. The minimum absolute atomic E-state index is 0.0805. The molecule has 3 aromatic rings. The number of halogens is 1. The van der Waals surface area contributed by atoms with Gasteiger partial charge in [0, 0.05) is 18.8 Å². The van der Waals surface area contributed by atoms with Crippen molar-refractivity contribution < 1.29 is 18.0 Å². The topological polar surface area (TPSA) is 95.6 Å². The number of amides is 2. The lowest BCUT2D eigenvalue weighted by atomic mass is 10.1. The van der Waals surface area contributed by atoms with Crippen molar-refractivity contribution >= 4 is 44.8 Å². The lowest BCUT2D eigenvalue weighted by molar-refractivity contribution is 0.0762. The summed E-state index contributed by atoms with van der Waals surface area (Å²) in [5.74, 6) is -0.676. The SMILES string of the molecule is O=C(Nc1ccccc1C(=O)N1CCCCCC1)c1cc(NS(=O)(=O)c2ccccc2)ccc1Cl. The molecule has 4 rings (SSSR count). The van der Waals surface area contributed by atoms with Crippen molar-refractivity contribution in [3.63, 3.8) is 0 Å². The van der Waals surface area contributed by atoms with E-state index < -0.39 is 15.9 Å². The summed E-state index contributed by atoms with van der Waals surface area (Å²) >= 11 is 6.27. The van der Waals surface area contributed by atoms with Crippen LogP contribution in [0.25, 0.3) is 0 Å². The molecule has 182 valence electrons. The molecule has 1 fully saturated rings. The molecule has 2 N–H and O–H groups in total. The van der Waals surface area contributed by atoms with Crippen LogP contribution >= 0.6 is 11.6 Å². The van der Waals surface area contributed by atoms with Crippen LogP contribution in [0.3, 0.4) is 0 Å². The highest BCUT2D eigenvalue weighted by Crippen LogP contribution is 2.26. The molecule has 1 heterocycles. The van der Waals surface area contributed by atoms with Gasteiger partial charge in [0.05, 0.1) is 26.7 Å². The number of para-hydroxylation sites is 1. The average Bonchev–Trinajstić information content (AvgIpc) is 3.15. The highest BCUT2D eigenvalue weighted by molar-refractivity contribution is 7.92. The maximum atomic E-state index is 13.2. The van der Waals surface area contributed by atoms with E-state index in [4.69, 9.17) is 11.6 Å². The molecule has 0 unspecified atom stereocenters. The Labute approximate surface area is 210 Å². The quantitative estimate of drug-likeness (QED) is 0.462. The van der Waals surface area contributed by atoms with Crippen molar-refractivity contribution in [2.45, 2.75) is 30.6 Å². The summed E-state index contributed by atoms with van der Waals surface area (Å²) < 4.78 is 27.8. The van der Waals surface area contributed by atoms with E-state index in [1.165, 1.54) is 30.3 Å². The molecule has 1 aliphatic heterocycles. The van der Waals surface area contributed by atoms with Crippen LogP contribution in [0.1, 0.15) is 46.4 Å². The summed E-state index contributed by atoms with van der Waals surface area (Å²) in [5, 5.41) is 2.93. The molecule has 0 bridgehead atoms. The molecular formula is C26H26ClN3O4S. The van der Waals surface area contributed by atoms with Crippen LogP contribution < -0.4 is 10.0 Å². The van der Waals surface area contributed by atoms with E-state index in [1.54, 1.807) is 42.5 Å². The number of nitrogens with zero attached hydrogens (tertiary/aromatic N) is 1. The first-order valence-corrected chi connectivity index (χ1v) is 13.3. The van der Waals surface area contributed by atoms with Crippen molar-refractivity contribution in [1.82, 2.24) is 4.90 Å². The van der Waals surface area contributed by atoms with Crippen LogP contribution in [-0.4, -0.2) is 38.2 Å². The molecule has 0 spiro atoms. The lowest BCUT2D eigenvalue weighted by Gasteiger charge is -2.22. The van der Waals surface area contributed by atoms with Gasteiger partial charge in [0.25, 0.3) is 21.8 Å². The second-order valence-corrected chi connectivity index (χ2v) is 10.4. The van der Waals surface area contributed by atoms with Gasteiger partial charge in [-0.3, -0.25) is 14.3 Å². The van der Waals surface area contributed by atoms with E-state index in [0.717, 1.165) is 25.7 Å². The number of sulfonamides is 1. The molecule has 0 radical (unpaired) electrons. The van der Waals surface area contributed by atoms with Crippen LogP contribution in [0, 0.1) is 0 Å². The smallest absolute Gasteiger partial charge is 0.261 e. The molecule has 0 aliphatic carbocycles. The first-order valence-electron chi connectivity index (χ1n) is 11.4. The number of carbonyl (C=O) groups is 2. The van der Waals surface area contributed by atoms with Gasteiger partial charge in [-0.2, -0.15) is 0 Å². The Morgan fingerprint density at radius 2 is 1.46 bits per heavy atom. The summed E-state index contributed by atoms with van der Waals surface area (Å²) in [4.78, 5) is 28.2. The van der Waals surface area contributed by atoms with Gasteiger partial charge < -0.3 is 10.2 Å². The summed E-state index contributed by atoms with van der Waals surface area (Å²) in [6, 6.07) is 19.1. The average molecular weight is 512 g/mol. The van der Waals surface area contributed by atoms with Gasteiger partial charge in [-0.05, 0) is 55.3 Å². The molecule has 35 heavy (non-hydrogen) atoms. The fourth-order valence-electron chi connectivity index (χ4n) is 3.99. The summed E-state index contributed by atoms with van der Waals surface area (Å²) in [5.41, 5.74) is 1.05. The molecule has 9 heteroatoms. The number of nitrogens with one attached hydrogen (secondary N) is 2. The molecule has 0 aromatic heterocycles. The lowest BCUT2D eigenvalue weighted by Crippen LogP contribution is -2.32. The normalized spacial score (nSPS) is 14.1. The first kappa shape index (κ1) is 24.8. The second-order valence-electron chi connectivity index (χ2n) is 8.32. The molecule has 1 aliphatic rings. The van der Waals surface area contributed by atoms with Crippen molar-refractivity contribution in [2.24, 2.45) is 0 Å². The Bertz CT molecular complexity index is 1320. The van der Waals surface area contributed by atoms with E-state index in [2.05, 4.69) is 10.0 Å². The molecule has 7 nitrogen and oxygen atoms in total. The van der Waals surface area contributed by atoms with Gasteiger partial charge in [0.15, 0.2) is 0 Å². The van der Waals surface area contributed by atoms with Gasteiger partial charge in [0.2, 0.25) is 0 Å². The Morgan fingerprint density at radius 1 is 0.800 bits per heavy atom. The third kappa shape index (κ3) is 6.01. The third-order valence-corrected chi connectivity index (χ3v) is 7.54. The van der Waals surface area contributed by atoms with E-state index in [0.29, 0.717) is 24.3 Å². The molecule has 2 amide bonds. The largest absolute Gasteiger partial charge is 0.339 e. The van der Waals surface area contributed by atoms with Crippen LogP contribution in [0.2, 0.25) is 5.02 Å².